The van der Waals surface area contributed by atoms with Gasteiger partial charge in [0.2, 0.25) is 5.91 Å². The number of hydrogen-bond acceptors (Lipinski definition) is 5. The molecule has 26 heavy (non-hydrogen) atoms. The van der Waals surface area contributed by atoms with Crippen LogP contribution in [0.5, 0.6) is 0 Å². The van der Waals surface area contributed by atoms with Gasteiger partial charge in [0.05, 0.1) is 0 Å². The van der Waals surface area contributed by atoms with E-state index in [4.69, 9.17) is 4.42 Å². The SMILES string of the molecule is O=C(CCNC(=O)OCC(F)(F)F)Nc1ccc2oc(C3CC3)nc2c1. The number of fused-ring (bicyclic) bond motifs is 1. The summed E-state index contributed by atoms with van der Waals surface area (Å²) < 4.78 is 45.2. The van der Waals surface area contributed by atoms with E-state index in [-0.39, 0.29) is 13.0 Å². The zero-order valence-corrected chi connectivity index (χ0v) is 13.6. The van der Waals surface area contributed by atoms with Crippen molar-refractivity contribution in [3.05, 3.63) is 24.1 Å². The Bertz CT molecular complexity index is 815. The summed E-state index contributed by atoms with van der Waals surface area (Å²) in [6.45, 7) is -1.83. The van der Waals surface area contributed by atoms with Crippen LogP contribution < -0.4 is 10.6 Å². The second-order valence-electron chi connectivity index (χ2n) is 5.93. The summed E-state index contributed by atoms with van der Waals surface area (Å²) in [6.07, 6.45) is -3.81. The van der Waals surface area contributed by atoms with E-state index in [0.717, 1.165) is 12.8 Å². The number of rotatable bonds is 6. The number of anilines is 1. The van der Waals surface area contributed by atoms with Crippen LogP contribution in [-0.2, 0) is 9.53 Å². The van der Waals surface area contributed by atoms with Crippen LogP contribution >= 0.6 is 0 Å². The number of ether oxygens (including phenoxy) is 1. The molecule has 1 aromatic heterocycles. The van der Waals surface area contributed by atoms with Gasteiger partial charge in [-0.25, -0.2) is 9.78 Å². The lowest BCUT2D eigenvalue weighted by atomic mass is 10.2. The molecule has 7 nitrogen and oxygen atoms in total. The van der Waals surface area contributed by atoms with Crippen LogP contribution in [0.15, 0.2) is 22.6 Å². The molecule has 0 aliphatic heterocycles. The Hall–Kier alpha value is -2.78. The lowest BCUT2D eigenvalue weighted by molar-refractivity contribution is -0.160. The minimum Gasteiger partial charge on any atom is -0.440 e. The summed E-state index contributed by atoms with van der Waals surface area (Å²) in [5, 5.41) is 4.70. The molecule has 0 unspecified atom stereocenters. The Balaban J connectivity index is 1.44. The summed E-state index contributed by atoms with van der Waals surface area (Å²) in [7, 11) is 0. The number of amides is 2. The molecule has 2 amide bonds. The van der Waals surface area contributed by atoms with E-state index >= 15 is 0 Å². The highest BCUT2D eigenvalue weighted by molar-refractivity contribution is 5.93. The predicted octanol–water partition coefficient (Wildman–Crippen LogP) is 3.32. The summed E-state index contributed by atoms with van der Waals surface area (Å²) >= 11 is 0. The van der Waals surface area contributed by atoms with Crippen molar-refractivity contribution < 1.29 is 31.9 Å². The van der Waals surface area contributed by atoms with Crippen molar-refractivity contribution in [1.82, 2.24) is 10.3 Å². The van der Waals surface area contributed by atoms with E-state index in [1.54, 1.807) is 18.2 Å². The van der Waals surface area contributed by atoms with Crippen molar-refractivity contribution in [2.75, 3.05) is 18.5 Å². The molecule has 0 spiro atoms. The van der Waals surface area contributed by atoms with Crippen LogP contribution in [0.25, 0.3) is 11.1 Å². The van der Waals surface area contributed by atoms with Crippen molar-refractivity contribution in [1.29, 1.82) is 0 Å². The van der Waals surface area contributed by atoms with E-state index in [2.05, 4.69) is 20.4 Å². The standard InChI is InChI=1S/C16H16F3N3O4/c17-16(18,19)8-25-15(24)20-6-5-13(23)21-10-3-4-12-11(7-10)22-14(26-12)9-1-2-9/h3-4,7,9H,1-2,5-6,8H2,(H,20,24)(H,21,23). The van der Waals surface area contributed by atoms with Crippen molar-refractivity contribution in [2.24, 2.45) is 0 Å². The first kappa shape index (κ1) is 18.0. The van der Waals surface area contributed by atoms with Gasteiger partial charge < -0.3 is 19.8 Å². The number of nitrogens with one attached hydrogen (secondary N) is 2. The summed E-state index contributed by atoms with van der Waals surface area (Å²) in [4.78, 5) is 27.3. The second kappa shape index (κ2) is 7.22. The van der Waals surface area contributed by atoms with Gasteiger partial charge >= 0.3 is 12.3 Å². The van der Waals surface area contributed by atoms with E-state index in [0.29, 0.717) is 28.6 Å². The maximum Gasteiger partial charge on any atom is 0.422 e. The molecule has 140 valence electrons. The Morgan fingerprint density at radius 2 is 2.08 bits per heavy atom. The minimum atomic E-state index is -4.59. The van der Waals surface area contributed by atoms with Crippen LogP contribution in [-0.4, -0.2) is 36.3 Å². The van der Waals surface area contributed by atoms with E-state index in [1.165, 1.54) is 0 Å². The number of alkyl halides is 3. The number of aromatic nitrogens is 1. The topological polar surface area (TPSA) is 93.5 Å². The van der Waals surface area contributed by atoms with Crippen LogP contribution in [0.4, 0.5) is 23.7 Å². The van der Waals surface area contributed by atoms with Crippen LogP contribution in [0.1, 0.15) is 31.1 Å². The van der Waals surface area contributed by atoms with E-state index in [9.17, 15) is 22.8 Å². The molecule has 10 heteroatoms. The molecule has 0 atom stereocenters. The molecule has 2 N–H and O–H groups in total. The maximum absolute atomic E-state index is 11.9. The maximum atomic E-state index is 11.9. The fourth-order valence-corrected chi connectivity index (χ4v) is 2.23. The van der Waals surface area contributed by atoms with Gasteiger partial charge in [-0.3, -0.25) is 4.79 Å². The number of oxazole rings is 1. The van der Waals surface area contributed by atoms with Gasteiger partial charge in [0.25, 0.3) is 0 Å². The summed E-state index contributed by atoms with van der Waals surface area (Å²) in [6, 6.07) is 5.04. The third-order valence-corrected chi connectivity index (χ3v) is 3.60. The third-order valence-electron chi connectivity index (χ3n) is 3.60. The van der Waals surface area contributed by atoms with Gasteiger partial charge in [-0.2, -0.15) is 13.2 Å². The molecule has 1 aliphatic rings. The molecule has 1 fully saturated rings. The van der Waals surface area contributed by atoms with Gasteiger partial charge in [0, 0.05) is 24.6 Å². The minimum absolute atomic E-state index is 0.120. The quantitative estimate of drug-likeness (QED) is 0.813. The van der Waals surface area contributed by atoms with Gasteiger partial charge in [-0.1, -0.05) is 0 Å². The molecule has 1 saturated carbocycles. The molecular weight excluding hydrogens is 355 g/mol. The molecule has 1 aliphatic carbocycles. The Morgan fingerprint density at radius 3 is 2.77 bits per heavy atom. The molecule has 3 rings (SSSR count). The van der Waals surface area contributed by atoms with Crippen molar-refractivity contribution in [3.8, 4) is 0 Å². The van der Waals surface area contributed by atoms with Crippen molar-refractivity contribution in [2.45, 2.75) is 31.4 Å². The number of nitrogens with zero attached hydrogens (tertiary/aromatic N) is 1. The normalized spacial score (nSPS) is 14.3. The van der Waals surface area contributed by atoms with E-state index in [1.807, 2.05) is 0 Å². The first-order chi connectivity index (χ1) is 12.3. The first-order valence-electron chi connectivity index (χ1n) is 7.98. The number of benzene rings is 1. The van der Waals surface area contributed by atoms with Gasteiger partial charge in [-0.05, 0) is 31.0 Å². The van der Waals surface area contributed by atoms with Crippen LogP contribution in [0, 0.1) is 0 Å². The van der Waals surface area contributed by atoms with Crippen molar-refractivity contribution >= 4 is 28.8 Å². The highest BCUT2D eigenvalue weighted by atomic mass is 19.4. The lowest BCUT2D eigenvalue weighted by Gasteiger charge is -2.09. The second-order valence-corrected chi connectivity index (χ2v) is 5.93. The average molecular weight is 371 g/mol. The number of halogens is 3. The zero-order valence-electron chi connectivity index (χ0n) is 13.6. The molecule has 2 aromatic rings. The fraction of sp³-hybridized carbons (Fsp3) is 0.438. The molecule has 1 heterocycles. The molecular formula is C16H16F3N3O4. The van der Waals surface area contributed by atoms with Gasteiger partial charge in [0.15, 0.2) is 18.1 Å². The van der Waals surface area contributed by atoms with Crippen LogP contribution in [0.3, 0.4) is 0 Å². The summed E-state index contributed by atoms with van der Waals surface area (Å²) in [5.74, 6) is 0.667. The Labute approximate surface area is 145 Å². The monoisotopic (exact) mass is 371 g/mol. The molecule has 0 saturated heterocycles. The Morgan fingerprint density at radius 1 is 1.31 bits per heavy atom. The third kappa shape index (κ3) is 5.11. The number of alkyl carbamates (subject to hydrolysis) is 1. The zero-order chi connectivity index (χ0) is 18.7. The predicted molar refractivity (Wildman–Crippen MR) is 84.6 cm³/mol. The van der Waals surface area contributed by atoms with Crippen LogP contribution in [0.2, 0.25) is 0 Å². The number of carbonyl (C=O) groups is 2. The molecule has 0 bridgehead atoms. The fourth-order valence-electron chi connectivity index (χ4n) is 2.23. The smallest absolute Gasteiger partial charge is 0.422 e. The highest BCUT2D eigenvalue weighted by Crippen LogP contribution is 2.40. The highest BCUT2D eigenvalue weighted by Gasteiger charge is 2.30. The molecule has 1 aromatic carbocycles. The lowest BCUT2D eigenvalue weighted by Crippen LogP contribution is -2.31. The number of carbonyl (C=O) groups excluding carboxylic acids is 2. The van der Waals surface area contributed by atoms with Gasteiger partial charge in [-0.15, -0.1) is 0 Å². The van der Waals surface area contributed by atoms with Gasteiger partial charge in [0.1, 0.15) is 5.52 Å². The Kier molecular flexibility index (Phi) is 5.01. The first-order valence-corrected chi connectivity index (χ1v) is 7.98. The number of hydrogen-bond donors (Lipinski definition) is 2. The van der Waals surface area contributed by atoms with E-state index < -0.39 is 24.8 Å². The largest absolute Gasteiger partial charge is 0.440 e. The van der Waals surface area contributed by atoms with Crippen molar-refractivity contribution in [3.63, 3.8) is 0 Å². The average Bonchev–Trinajstić information content (AvgIpc) is 3.32. The molecule has 0 radical (unpaired) electrons. The summed E-state index contributed by atoms with van der Waals surface area (Å²) in [5.41, 5.74) is 1.79.